The van der Waals surface area contributed by atoms with Gasteiger partial charge >= 0.3 is 0 Å². The van der Waals surface area contributed by atoms with Crippen LogP contribution in [0.2, 0.25) is 0 Å². The van der Waals surface area contributed by atoms with Crippen LogP contribution in [0.25, 0.3) is 0 Å². The molecular weight excluding hydrogens is 233 g/mol. The number of anilines is 1. The van der Waals surface area contributed by atoms with E-state index in [2.05, 4.69) is 14.9 Å². The van der Waals surface area contributed by atoms with E-state index in [0.717, 1.165) is 38.8 Å². The normalized spacial score (nSPS) is 32.1. The van der Waals surface area contributed by atoms with Crippen LogP contribution in [-0.4, -0.2) is 33.8 Å². The number of halogens is 1. The van der Waals surface area contributed by atoms with Crippen LogP contribution < -0.4 is 4.90 Å². The molecule has 98 valence electrons. The van der Waals surface area contributed by atoms with E-state index in [4.69, 9.17) is 0 Å². The van der Waals surface area contributed by atoms with Crippen LogP contribution in [-0.2, 0) is 0 Å². The Morgan fingerprint density at radius 3 is 2.83 bits per heavy atom. The van der Waals surface area contributed by atoms with E-state index < -0.39 is 11.4 Å². The van der Waals surface area contributed by atoms with E-state index in [1.54, 1.807) is 0 Å². The first-order chi connectivity index (χ1) is 8.67. The van der Waals surface area contributed by atoms with Crippen molar-refractivity contribution < 1.29 is 9.50 Å². The van der Waals surface area contributed by atoms with Gasteiger partial charge in [0.05, 0.1) is 18.0 Å². The molecule has 3 rings (SSSR count). The first kappa shape index (κ1) is 11.8. The van der Waals surface area contributed by atoms with E-state index in [-0.39, 0.29) is 0 Å². The summed E-state index contributed by atoms with van der Waals surface area (Å²) in [5, 5.41) is 10.6. The maximum Gasteiger partial charge on any atom is 0.225 e. The standard InChI is InChI=1S/C13H18FN3O/c14-11-7-15-12(16-8-11)17-6-5-13(18)4-2-1-3-10(13)9-17/h7-8,10,18H,1-6,9H2/t10-,13-/m0/s1. The largest absolute Gasteiger partial charge is 0.389 e. The van der Waals surface area contributed by atoms with Crippen molar-refractivity contribution in [1.29, 1.82) is 0 Å². The van der Waals surface area contributed by atoms with Gasteiger partial charge in [0.1, 0.15) is 0 Å². The van der Waals surface area contributed by atoms with E-state index in [0.29, 0.717) is 11.9 Å². The topological polar surface area (TPSA) is 49.2 Å². The maximum absolute atomic E-state index is 12.8. The minimum absolute atomic E-state index is 0.300. The Hall–Kier alpha value is -1.23. The van der Waals surface area contributed by atoms with Crippen LogP contribution in [0, 0.1) is 11.7 Å². The lowest BCUT2D eigenvalue weighted by Crippen LogP contribution is -2.53. The molecule has 0 radical (unpaired) electrons. The van der Waals surface area contributed by atoms with Gasteiger partial charge in [-0.25, -0.2) is 14.4 Å². The molecular formula is C13H18FN3O. The molecule has 0 aromatic carbocycles. The Morgan fingerprint density at radius 2 is 2.06 bits per heavy atom. The third-order valence-corrected chi connectivity index (χ3v) is 4.32. The smallest absolute Gasteiger partial charge is 0.225 e. The highest BCUT2D eigenvalue weighted by Gasteiger charge is 2.43. The van der Waals surface area contributed by atoms with E-state index in [1.807, 2.05) is 0 Å². The SMILES string of the molecule is O[C@]12CCCC[C@H]1CN(c1ncc(F)cn1)CC2. The molecule has 4 nitrogen and oxygen atoms in total. The second-order valence-corrected chi connectivity index (χ2v) is 5.44. The van der Waals surface area contributed by atoms with Gasteiger partial charge < -0.3 is 10.0 Å². The molecule has 0 amide bonds. The molecule has 2 heterocycles. The van der Waals surface area contributed by atoms with Gasteiger partial charge in [-0.1, -0.05) is 12.8 Å². The summed E-state index contributed by atoms with van der Waals surface area (Å²) in [6.45, 7) is 1.53. The quantitative estimate of drug-likeness (QED) is 0.826. The average molecular weight is 251 g/mol. The molecule has 1 aromatic rings. The van der Waals surface area contributed by atoms with E-state index in [1.165, 1.54) is 18.8 Å². The molecule has 1 aliphatic heterocycles. The van der Waals surface area contributed by atoms with Gasteiger partial charge in [-0.05, 0) is 19.3 Å². The van der Waals surface area contributed by atoms with Crippen molar-refractivity contribution >= 4 is 5.95 Å². The van der Waals surface area contributed by atoms with Crippen molar-refractivity contribution in [3.8, 4) is 0 Å². The maximum atomic E-state index is 12.8. The number of hydrogen-bond donors (Lipinski definition) is 1. The molecule has 0 bridgehead atoms. The van der Waals surface area contributed by atoms with Crippen molar-refractivity contribution in [2.75, 3.05) is 18.0 Å². The van der Waals surface area contributed by atoms with Gasteiger partial charge in [0, 0.05) is 19.0 Å². The Balaban J connectivity index is 1.75. The van der Waals surface area contributed by atoms with Gasteiger partial charge in [0.2, 0.25) is 5.95 Å². The summed E-state index contributed by atoms with van der Waals surface area (Å²) in [7, 11) is 0. The van der Waals surface area contributed by atoms with Crippen molar-refractivity contribution in [2.24, 2.45) is 5.92 Å². The van der Waals surface area contributed by atoms with Crippen LogP contribution in [0.5, 0.6) is 0 Å². The minimum atomic E-state index is -0.491. The van der Waals surface area contributed by atoms with Gasteiger partial charge in [-0.2, -0.15) is 0 Å². The molecule has 2 aliphatic rings. The second-order valence-electron chi connectivity index (χ2n) is 5.44. The zero-order valence-electron chi connectivity index (χ0n) is 10.3. The Labute approximate surface area is 106 Å². The molecule has 1 saturated carbocycles. The Kier molecular flexibility index (Phi) is 2.93. The summed E-state index contributed by atoms with van der Waals surface area (Å²) in [6, 6.07) is 0. The second kappa shape index (κ2) is 4.46. The summed E-state index contributed by atoms with van der Waals surface area (Å²) in [5.41, 5.74) is -0.491. The van der Waals surface area contributed by atoms with Gasteiger partial charge in [0.25, 0.3) is 0 Å². The highest BCUT2D eigenvalue weighted by Crippen LogP contribution is 2.40. The fraction of sp³-hybridized carbons (Fsp3) is 0.692. The van der Waals surface area contributed by atoms with Crippen LogP contribution in [0.3, 0.4) is 0 Å². The first-order valence-electron chi connectivity index (χ1n) is 6.62. The van der Waals surface area contributed by atoms with Crippen molar-refractivity contribution in [3.63, 3.8) is 0 Å². The highest BCUT2D eigenvalue weighted by atomic mass is 19.1. The van der Waals surface area contributed by atoms with Gasteiger partial charge in [0.15, 0.2) is 5.82 Å². The minimum Gasteiger partial charge on any atom is -0.389 e. The number of rotatable bonds is 1. The lowest BCUT2D eigenvalue weighted by Gasteiger charge is -2.47. The van der Waals surface area contributed by atoms with Crippen LogP contribution in [0.1, 0.15) is 32.1 Å². The highest BCUT2D eigenvalue weighted by molar-refractivity contribution is 5.30. The molecule has 18 heavy (non-hydrogen) atoms. The summed E-state index contributed by atoms with van der Waals surface area (Å²) >= 11 is 0. The summed E-state index contributed by atoms with van der Waals surface area (Å²) in [6.07, 6.45) is 7.45. The fourth-order valence-electron chi connectivity index (χ4n) is 3.22. The van der Waals surface area contributed by atoms with Gasteiger partial charge in [-0.3, -0.25) is 0 Å². The predicted molar refractivity (Wildman–Crippen MR) is 65.7 cm³/mol. The molecule has 0 unspecified atom stereocenters. The molecule has 1 saturated heterocycles. The van der Waals surface area contributed by atoms with Crippen LogP contribution in [0.4, 0.5) is 10.3 Å². The van der Waals surface area contributed by atoms with Crippen LogP contribution >= 0.6 is 0 Å². The van der Waals surface area contributed by atoms with E-state index in [9.17, 15) is 9.50 Å². The Morgan fingerprint density at radius 1 is 1.28 bits per heavy atom. The number of aromatic nitrogens is 2. The van der Waals surface area contributed by atoms with Crippen molar-refractivity contribution in [3.05, 3.63) is 18.2 Å². The lowest BCUT2D eigenvalue weighted by atomic mass is 9.71. The number of aliphatic hydroxyl groups is 1. The first-order valence-corrected chi connectivity index (χ1v) is 6.62. The van der Waals surface area contributed by atoms with Crippen molar-refractivity contribution in [2.45, 2.75) is 37.7 Å². The Bertz CT molecular complexity index is 425. The van der Waals surface area contributed by atoms with Crippen molar-refractivity contribution in [1.82, 2.24) is 9.97 Å². The number of nitrogens with zero attached hydrogens (tertiary/aromatic N) is 3. The number of fused-ring (bicyclic) bond motifs is 1. The molecule has 5 heteroatoms. The zero-order chi connectivity index (χ0) is 12.6. The monoisotopic (exact) mass is 251 g/mol. The number of hydrogen-bond acceptors (Lipinski definition) is 4. The van der Waals surface area contributed by atoms with Gasteiger partial charge in [-0.15, -0.1) is 0 Å². The molecule has 2 fully saturated rings. The van der Waals surface area contributed by atoms with E-state index >= 15 is 0 Å². The summed E-state index contributed by atoms with van der Waals surface area (Å²) in [5.74, 6) is 0.461. The van der Waals surface area contributed by atoms with Crippen LogP contribution in [0.15, 0.2) is 12.4 Å². The lowest BCUT2D eigenvalue weighted by molar-refractivity contribution is -0.0614. The summed E-state index contributed by atoms with van der Waals surface area (Å²) < 4.78 is 12.8. The molecule has 1 aliphatic carbocycles. The number of piperidine rings is 1. The predicted octanol–water partition coefficient (Wildman–Crippen LogP) is 1.75. The molecule has 0 spiro atoms. The third kappa shape index (κ3) is 2.07. The third-order valence-electron chi connectivity index (χ3n) is 4.32. The molecule has 2 atom stereocenters. The fourth-order valence-corrected chi connectivity index (χ4v) is 3.22. The molecule has 1 N–H and O–H groups in total. The average Bonchev–Trinajstić information content (AvgIpc) is 2.39. The molecule has 1 aromatic heterocycles. The zero-order valence-corrected chi connectivity index (χ0v) is 10.3. The summed E-state index contributed by atoms with van der Waals surface area (Å²) in [4.78, 5) is 10.1.